The lowest BCUT2D eigenvalue weighted by atomic mass is 9.96. The number of alkyl halides is 2. The highest BCUT2D eigenvalue weighted by atomic mass is 35.5. The fourth-order valence-electron chi connectivity index (χ4n) is 4.11. The fraction of sp³-hybridized carbons (Fsp3) is 0.364. The van der Waals surface area contributed by atoms with Gasteiger partial charge in [0.15, 0.2) is 17.5 Å². The zero-order valence-electron chi connectivity index (χ0n) is 19.2. The van der Waals surface area contributed by atoms with E-state index in [1.165, 1.54) is 19.5 Å². The van der Waals surface area contributed by atoms with Crippen molar-refractivity contribution in [2.45, 2.75) is 12.3 Å². The lowest BCUT2D eigenvalue weighted by molar-refractivity contribution is 0.0517. The molecule has 9 nitrogen and oxygen atoms in total. The number of nitrogens with zero attached hydrogens (tertiary/aromatic N) is 5. The van der Waals surface area contributed by atoms with Crippen molar-refractivity contribution in [2.24, 2.45) is 5.41 Å². The molecule has 3 heterocycles. The van der Waals surface area contributed by atoms with Crippen LogP contribution < -0.4 is 25.6 Å². The maximum atomic E-state index is 13.5. The monoisotopic (exact) mass is 521 g/mol. The molecule has 2 N–H and O–H groups in total. The molecule has 1 saturated carbocycles. The molecule has 2 fully saturated rings. The highest BCUT2D eigenvalue weighted by Gasteiger charge is 2.76. The normalized spacial score (nSPS) is 17.6. The molecule has 0 radical (unpaired) electrons. The van der Waals surface area contributed by atoms with Gasteiger partial charge in [-0.2, -0.15) is 9.97 Å². The van der Waals surface area contributed by atoms with E-state index >= 15 is 0 Å². The first kappa shape index (κ1) is 23.7. The van der Waals surface area contributed by atoms with Crippen LogP contribution in [0.2, 0.25) is 5.02 Å². The van der Waals surface area contributed by atoms with Gasteiger partial charge in [0.1, 0.15) is 12.2 Å². The fourth-order valence-corrected chi connectivity index (χ4v) is 5.41. The van der Waals surface area contributed by atoms with Crippen molar-refractivity contribution in [1.82, 2.24) is 19.9 Å². The Bertz CT molecular complexity index is 1350. The number of ether oxygens (including phenoxy) is 1. The van der Waals surface area contributed by atoms with Crippen molar-refractivity contribution < 1.29 is 18.1 Å². The second-order valence-corrected chi connectivity index (χ2v) is 12.7. The van der Waals surface area contributed by atoms with Crippen LogP contribution in [-0.2, 0) is 4.57 Å². The van der Waals surface area contributed by atoms with E-state index in [1.54, 1.807) is 30.4 Å². The summed E-state index contributed by atoms with van der Waals surface area (Å²) in [5, 5.41) is 7.02. The maximum absolute atomic E-state index is 13.5. The van der Waals surface area contributed by atoms with Crippen molar-refractivity contribution in [1.29, 1.82) is 0 Å². The minimum absolute atomic E-state index is 0.0798. The summed E-state index contributed by atoms with van der Waals surface area (Å²) in [5.41, 5.74) is -0.288. The highest BCUT2D eigenvalue weighted by Crippen LogP contribution is 2.65. The number of benzene rings is 1. The van der Waals surface area contributed by atoms with Crippen LogP contribution in [0.25, 0.3) is 0 Å². The van der Waals surface area contributed by atoms with E-state index in [2.05, 4.69) is 30.6 Å². The van der Waals surface area contributed by atoms with Crippen LogP contribution in [0.5, 0.6) is 5.88 Å². The zero-order valence-corrected chi connectivity index (χ0v) is 20.9. The third-order valence-corrected chi connectivity index (χ3v) is 7.98. The molecule has 0 unspecified atom stereocenters. The average Bonchev–Trinajstić information content (AvgIpc) is 3.37. The number of hydrogen-bond acceptors (Lipinski definition) is 9. The Morgan fingerprint density at radius 1 is 1.09 bits per heavy atom. The lowest BCUT2D eigenvalue weighted by Gasteiger charge is -2.40. The number of para-hydroxylation sites is 1. The molecule has 1 aromatic carbocycles. The van der Waals surface area contributed by atoms with Crippen LogP contribution in [0.4, 0.5) is 37.9 Å². The molecule has 3 aromatic rings. The SMILES string of the molecule is COc1nc(N2CC3(C2)CC3(F)F)cnc1Nc1ncc(Cl)c(Nc2ccccc2P(C)(C)=O)n1. The summed E-state index contributed by atoms with van der Waals surface area (Å²) in [6, 6.07) is 7.23. The van der Waals surface area contributed by atoms with Crippen molar-refractivity contribution in [2.75, 3.05) is 49.1 Å². The van der Waals surface area contributed by atoms with E-state index in [9.17, 15) is 13.3 Å². The Kier molecular flexibility index (Phi) is 5.60. The number of halogens is 3. The van der Waals surface area contributed by atoms with Crippen LogP contribution in [0.15, 0.2) is 36.7 Å². The third-order valence-electron chi connectivity index (χ3n) is 6.16. The minimum Gasteiger partial charge on any atom is -0.478 e. The molecular formula is C22H23ClF2N7O2P. The van der Waals surface area contributed by atoms with Crippen molar-refractivity contribution in [3.8, 4) is 5.88 Å². The van der Waals surface area contributed by atoms with Crippen LogP contribution in [0.1, 0.15) is 6.42 Å². The van der Waals surface area contributed by atoms with Gasteiger partial charge in [-0.3, -0.25) is 0 Å². The number of anilines is 5. The molecule has 0 amide bonds. The van der Waals surface area contributed by atoms with Gasteiger partial charge in [-0.05, 0) is 25.5 Å². The van der Waals surface area contributed by atoms with Gasteiger partial charge in [0.2, 0.25) is 5.95 Å². The van der Waals surface area contributed by atoms with Crippen LogP contribution in [-0.4, -0.2) is 59.4 Å². The standard InChI is InChI=1S/C22H23ClF2N7O2P/c1-34-19-18(26-9-16(29-19)32-11-21(12-32)10-22(21,24)25)31-20-27-8-13(23)17(30-20)28-14-6-4-5-7-15(14)35(2,3)33/h4-9H,10-12H2,1-3H3,(H2,26,27,28,30,31). The van der Waals surface area contributed by atoms with Gasteiger partial charge in [0.05, 0.1) is 30.6 Å². The quantitative estimate of drug-likeness (QED) is 0.434. The summed E-state index contributed by atoms with van der Waals surface area (Å²) in [5.74, 6) is -1.23. The zero-order chi connectivity index (χ0) is 25.0. The number of hydrogen-bond donors (Lipinski definition) is 2. The van der Waals surface area contributed by atoms with E-state index in [-0.39, 0.29) is 42.2 Å². The molecule has 35 heavy (non-hydrogen) atoms. The molecule has 1 saturated heterocycles. The van der Waals surface area contributed by atoms with Gasteiger partial charge in [0.25, 0.3) is 11.8 Å². The van der Waals surface area contributed by atoms with E-state index in [4.69, 9.17) is 16.3 Å². The molecule has 1 aliphatic carbocycles. The summed E-state index contributed by atoms with van der Waals surface area (Å²) < 4.78 is 45.0. The van der Waals surface area contributed by atoms with Gasteiger partial charge in [-0.15, -0.1) is 0 Å². The van der Waals surface area contributed by atoms with E-state index in [0.29, 0.717) is 22.6 Å². The summed E-state index contributed by atoms with van der Waals surface area (Å²) in [6.07, 6.45) is 2.83. The second kappa shape index (κ2) is 8.27. The second-order valence-electron chi connectivity index (χ2n) is 9.11. The molecule has 184 valence electrons. The Morgan fingerprint density at radius 2 is 1.80 bits per heavy atom. The van der Waals surface area contributed by atoms with Crippen LogP contribution in [0.3, 0.4) is 0 Å². The molecule has 0 atom stereocenters. The predicted molar refractivity (Wildman–Crippen MR) is 132 cm³/mol. The Hall–Kier alpha value is -3.04. The summed E-state index contributed by atoms with van der Waals surface area (Å²) in [4.78, 5) is 19.1. The average molecular weight is 522 g/mol. The molecule has 1 aliphatic heterocycles. The number of rotatable bonds is 7. The summed E-state index contributed by atoms with van der Waals surface area (Å²) in [7, 11) is -1.12. The van der Waals surface area contributed by atoms with Gasteiger partial charge in [-0.25, -0.2) is 18.7 Å². The largest absolute Gasteiger partial charge is 0.478 e. The van der Waals surface area contributed by atoms with Gasteiger partial charge in [-0.1, -0.05) is 23.7 Å². The number of methoxy groups -OCH3 is 1. The van der Waals surface area contributed by atoms with Crippen molar-refractivity contribution >= 4 is 53.1 Å². The topological polar surface area (TPSA) is 105 Å². The minimum atomic E-state index is -2.59. The highest BCUT2D eigenvalue weighted by molar-refractivity contribution is 7.70. The Balaban J connectivity index is 1.35. The third kappa shape index (κ3) is 4.38. The predicted octanol–water partition coefficient (Wildman–Crippen LogP) is 4.51. The number of aromatic nitrogens is 4. The Morgan fingerprint density at radius 3 is 2.46 bits per heavy atom. The first-order valence-electron chi connectivity index (χ1n) is 10.8. The molecule has 2 aliphatic rings. The van der Waals surface area contributed by atoms with Gasteiger partial charge >= 0.3 is 0 Å². The first-order valence-corrected chi connectivity index (χ1v) is 13.7. The van der Waals surface area contributed by atoms with E-state index < -0.39 is 18.5 Å². The smallest absolute Gasteiger partial charge is 0.259 e. The van der Waals surface area contributed by atoms with E-state index in [0.717, 1.165) is 0 Å². The summed E-state index contributed by atoms with van der Waals surface area (Å²) in [6.45, 7) is 3.85. The molecular weight excluding hydrogens is 499 g/mol. The van der Waals surface area contributed by atoms with Gasteiger partial charge < -0.3 is 24.8 Å². The Labute approximate surface area is 205 Å². The van der Waals surface area contributed by atoms with Crippen LogP contribution >= 0.6 is 18.7 Å². The molecule has 13 heteroatoms. The molecule has 2 aromatic heterocycles. The summed E-state index contributed by atoms with van der Waals surface area (Å²) >= 11 is 6.30. The maximum Gasteiger partial charge on any atom is 0.259 e. The van der Waals surface area contributed by atoms with Crippen molar-refractivity contribution in [3.63, 3.8) is 0 Å². The first-order chi connectivity index (χ1) is 16.5. The number of nitrogens with one attached hydrogen (secondary N) is 2. The van der Waals surface area contributed by atoms with Crippen molar-refractivity contribution in [3.05, 3.63) is 41.7 Å². The van der Waals surface area contributed by atoms with Crippen LogP contribution in [0, 0.1) is 5.41 Å². The lowest BCUT2D eigenvalue weighted by Crippen LogP contribution is -2.51. The molecule has 5 rings (SSSR count). The molecule has 1 spiro atoms. The van der Waals surface area contributed by atoms with E-state index in [1.807, 2.05) is 12.1 Å². The van der Waals surface area contributed by atoms with Gasteiger partial charge in [0, 0.05) is 24.8 Å². The molecule has 0 bridgehead atoms.